The van der Waals surface area contributed by atoms with Crippen LogP contribution in [0.1, 0.15) is 63.1 Å². The molecule has 0 aliphatic carbocycles. The van der Waals surface area contributed by atoms with Crippen molar-refractivity contribution in [3.05, 3.63) is 17.5 Å². The van der Waals surface area contributed by atoms with Crippen LogP contribution in [0.3, 0.4) is 0 Å². The first-order valence-corrected chi connectivity index (χ1v) is 7.01. The van der Waals surface area contributed by atoms with E-state index in [1.54, 1.807) is 0 Å². The highest BCUT2D eigenvalue weighted by Gasteiger charge is 2.02. The molecule has 1 aromatic rings. The molecule has 98 valence electrons. The quantitative estimate of drug-likeness (QED) is 0.669. The third-order valence-corrected chi connectivity index (χ3v) is 3.26. The van der Waals surface area contributed by atoms with Gasteiger partial charge in [0.15, 0.2) is 0 Å². The highest BCUT2D eigenvalue weighted by Crippen LogP contribution is 2.09. The van der Waals surface area contributed by atoms with E-state index in [2.05, 4.69) is 18.2 Å². The summed E-state index contributed by atoms with van der Waals surface area (Å²) in [5.41, 5.74) is 7.89. The van der Waals surface area contributed by atoms with Crippen LogP contribution < -0.4 is 5.73 Å². The van der Waals surface area contributed by atoms with Gasteiger partial charge >= 0.3 is 0 Å². The Kier molecular flexibility index (Phi) is 6.94. The van der Waals surface area contributed by atoms with Crippen LogP contribution in [0.2, 0.25) is 0 Å². The highest BCUT2D eigenvalue weighted by molar-refractivity contribution is 5.14. The summed E-state index contributed by atoms with van der Waals surface area (Å²) in [5, 5.41) is 4.47. The molecule has 0 aliphatic heterocycles. The largest absolute Gasteiger partial charge is 0.326 e. The first-order valence-electron chi connectivity index (χ1n) is 7.01. The zero-order valence-electron chi connectivity index (χ0n) is 11.4. The molecule has 0 bridgehead atoms. The summed E-state index contributed by atoms with van der Waals surface area (Å²) in [6.07, 6.45) is 11.5. The molecule has 2 N–H and O–H groups in total. The molecule has 0 aromatic carbocycles. The zero-order valence-corrected chi connectivity index (χ0v) is 11.4. The van der Waals surface area contributed by atoms with Crippen molar-refractivity contribution >= 4 is 0 Å². The Labute approximate surface area is 105 Å². The van der Waals surface area contributed by atoms with Gasteiger partial charge in [-0.25, -0.2) is 0 Å². The number of unbranched alkanes of at least 4 members (excludes halogenated alkanes) is 6. The Morgan fingerprint density at radius 2 is 1.76 bits per heavy atom. The minimum Gasteiger partial charge on any atom is -0.326 e. The second-order valence-electron chi connectivity index (χ2n) is 4.83. The van der Waals surface area contributed by atoms with E-state index in [1.165, 1.54) is 50.5 Å². The smallest absolute Gasteiger partial charge is 0.0638 e. The fraction of sp³-hybridized carbons (Fsp3) is 0.786. The average molecular weight is 237 g/mol. The predicted molar refractivity (Wildman–Crippen MR) is 72.8 cm³/mol. The molecule has 0 amide bonds. The first kappa shape index (κ1) is 14.2. The van der Waals surface area contributed by atoms with E-state index in [-0.39, 0.29) is 0 Å². The van der Waals surface area contributed by atoms with Gasteiger partial charge in [-0.1, -0.05) is 45.4 Å². The number of nitrogens with two attached hydrogens (primary N) is 1. The van der Waals surface area contributed by atoms with Crippen molar-refractivity contribution in [2.75, 3.05) is 0 Å². The van der Waals surface area contributed by atoms with Gasteiger partial charge in [-0.2, -0.15) is 5.10 Å². The number of hydrogen-bond acceptors (Lipinski definition) is 2. The number of hydrogen-bond donors (Lipinski definition) is 1. The third kappa shape index (κ3) is 5.35. The maximum absolute atomic E-state index is 5.63. The van der Waals surface area contributed by atoms with Crippen molar-refractivity contribution in [2.45, 2.75) is 71.9 Å². The van der Waals surface area contributed by atoms with Crippen LogP contribution in [-0.4, -0.2) is 9.78 Å². The normalized spacial score (nSPS) is 11.0. The summed E-state index contributed by atoms with van der Waals surface area (Å²) < 4.78 is 2.05. The topological polar surface area (TPSA) is 43.8 Å². The van der Waals surface area contributed by atoms with Crippen LogP contribution in [0.4, 0.5) is 0 Å². The summed E-state index contributed by atoms with van der Waals surface area (Å²) in [7, 11) is 0. The van der Waals surface area contributed by atoms with E-state index in [0.29, 0.717) is 6.54 Å². The molecule has 3 nitrogen and oxygen atoms in total. The molecule has 1 heterocycles. The van der Waals surface area contributed by atoms with Crippen molar-refractivity contribution in [2.24, 2.45) is 5.73 Å². The van der Waals surface area contributed by atoms with Gasteiger partial charge in [-0.15, -0.1) is 0 Å². The predicted octanol–water partition coefficient (Wildman–Crippen LogP) is 3.40. The monoisotopic (exact) mass is 237 g/mol. The van der Waals surface area contributed by atoms with Gasteiger partial charge in [0.2, 0.25) is 0 Å². The van der Waals surface area contributed by atoms with Crippen molar-refractivity contribution < 1.29 is 0 Å². The van der Waals surface area contributed by atoms with Gasteiger partial charge in [0, 0.05) is 24.8 Å². The van der Waals surface area contributed by atoms with Crippen LogP contribution in [0, 0.1) is 6.92 Å². The molecular formula is C14H27N3. The second-order valence-corrected chi connectivity index (χ2v) is 4.83. The van der Waals surface area contributed by atoms with E-state index in [4.69, 9.17) is 5.73 Å². The Bertz CT molecular complexity index is 304. The molecule has 17 heavy (non-hydrogen) atoms. The molecule has 0 spiro atoms. The first-order chi connectivity index (χ1) is 8.27. The van der Waals surface area contributed by atoms with Gasteiger partial charge in [-0.05, 0) is 13.3 Å². The molecule has 0 saturated heterocycles. The minimum absolute atomic E-state index is 0.600. The number of nitrogens with zero attached hydrogens (tertiary/aromatic N) is 2. The molecule has 0 saturated carbocycles. The maximum Gasteiger partial charge on any atom is 0.0638 e. The lowest BCUT2D eigenvalue weighted by Crippen LogP contribution is -1.99. The third-order valence-electron chi connectivity index (χ3n) is 3.26. The van der Waals surface area contributed by atoms with Crippen molar-refractivity contribution in [3.8, 4) is 0 Å². The lowest BCUT2D eigenvalue weighted by Gasteiger charge is -2.02. The van der Waals surface area contributed by atoms with Crippen molar-refractivity contribution in [1.29, 1.82) is 0 Å². The molecule has 0 aliphatic rings. The maximum atomic E-state index is 5.63. The standard InChI is InChI=1S/C14H27N3/c1-3-4-5-6-7-8-9-10-17-12-14(11-15)13(2)16-17/h12H,3-11,15H2,1-2H3. The van der Waals surface area contributed by atoms with Crippen LogP contribution in [-0.2, 0) is 13.1 Å². The molecular weight excluding hydrogens is 210 g/mol. The van der Waals surface area contributed by atoms with Gasteiger partial charge in [0.25, 0.3) is 0 Å². The Morgan fingerprint density at radius 1 is 1.12 bits per heavy atom. The second kappa shape index (κ2) is 8.29. The van der Waals surface area contributed by atoms with E-state index < -0.39 is 0 Å². The number of aryl methyl sites for hydroxylation is 2. The molecule has 1 aromatic heterocycles. The average Bonchev–Trinajstić information content (AvgIpc) is 2.68. The summed E-state index contributed by atoms with van der Waals surface area (Å²) in [6, 6.07) is 0. The number of rotatable bonds is 9. The van der Waals surface area contributed by atoms with Gasteiger partial charge in [0.1, 0.15) is 0 Å². The van der Waals surface area contributed by atoms with Gasteiger partial charge in [-0.3, -0.25) is 4.68 Å². The fourth-order valence-electron chi connectivity index (χ4n) is 2.10. The van der Waals surface area contributed by atoms with E-state index in [1.807, 2.05) is 11.6 Å². The summed E-state index contributed by atoms with van der Waals surface area (Å²) in [5.74, 6) is 0. The van der Waals surface area contributed by atoms with Gasteiger partial charge < -0.3 is 5.73 Å². The van der Waals surface area contributed by atoms with Crippen LogP contribution >= 0.6 is 0 Å². The molecule has 3 heteroatoms. The van der Waals surface area contributed by atoms with E-state index in [9.17, 15) is 0 Å². The van der Waals surface area contributed by atoms with Crippen LogP contribution in [0.25, 0.3) is 0 Å². The Hall–Kier alpha value is -0.830. The van der Waals surface area contributed by atoms with Crippen LogP contribution in [0.15, 0.2) is 6.20 Å². The lowest BCUT2D eigenvalue weighted by atomic mass is 10.1. The fourth-order valence-corrected chi connectivity index (χ4v) is 2.10. The molecule has 0 unspecified atom stereocenters. The highest BCUT2D eigenvalue weighted by atomic mass is 15.3. The van der Waals surface area contributed by atoms with Crippen molar-refractivity contribution in [1.82, 2.24) is 9.78 Å². The molecule has 0 fully saturated rings. The Morgan fingerprint density at radius 3 is 2.35 bits per heavy atom. The van der Waals surface area contributed by atoms with Crippen LogP contribution in [0.5, 0.6) is 0 Å². The van der Waals surface area contributed by atoms with Crippen molar-refractivity contribution in [3.63, 3.8) is 0 Å². The minimum atomic E-state index is 0.600. The summed E-state index contributed by atoms with van der Waals surface area (Å²) in [6.45, 7) is 5.93. The summed E-state index contributed by atoms with van der Waals surface area (Å²) >= 11 is 0. The molecule has 1 rings (SSSR count). The lowest BCUT2D eigenvalue weighted by molar-refractivity contribution is 0.521. The zero-order chi connectivity index (χ0) is 12.5. The van der Waals surface area contributed by atoms with E-state index >= 15 is 0 Å². The molecule has 0 atom stereocenters. The molecule has 0 radical (unpaired) electrons. The van der Waals surface area contributed by atoms with E-state index in [0.717, 1.165) is 12.2 Å². The number of aromatic nitrogens is 2. The Balaban J connectivity index is 2.09. The van der Waals surface area contributed by atoms with Gasteiger partial charge in [0.05, 0.1) is 5.69 Å². The SMILES string of the molecule is CCCCCCCCCn1cc(CN)c(C)n1. The summed E-state index contributed by atoms with van der Waals surface area (Å²) in [4.78, 5) is 0.